The van der Waals surface area contributed by atoms with E-state index >= 15 is 0 Å². The normalized spacial score (nSPS) is 21.5. The van der Waals surface area contributed by atoms with Crippen LogP contribution in [0.4, 0.5) is 0 Å². The van der Waals surface area contributed by atoms with E-state index < -0.39 is 0 Å². The molecule has 7 nitrogen and oxygen atoms in total. The fourth-order valence-electron chi connectivity index (χ4n) is 4.26. The van der Waals surface area contributed by atoms with Crippen LogP contribution >= 0.6 is 0 Å². The Morgan fingerprint density at radius 2 is 1.92 bits per heavy atom. The number of hydrogen-bond acceptors (Lipinski definition) is 4. The molecular formula is C19H20N6O. The topological polar surface area (TPSA) is 68.8 Å². The monoisotopic (exact) mass is 348 g/mol. The van der Waals surface area contributed by atoms with Crippen molar-refractivity contribution < 1.29 is 4.79 Å². The van der Waals surface area contributed by atoms with Crippen LogP contribution in [0.1, 0.15) is 18.7 Å². The molecule has 1 saturated heterocycles. The summed E-state index contributed by atoms with van der Waals surface area (Å²) in [4.78, 5) is 15.0. The van der Waals surface area contributed by atoms with E-state index in [0.29, 0.717) is 6.54 Å². The standard InChI is InChI=1S/C19H20N6O/c26-18(13-23-10-4-9-20-23)25-15-7-8-16(25)12-24-17(11-15)21-22-19(24)14-5-2-1-3-6-14/h1-6,9-10,15-16H,7-8,11-13H2/t15-,16+/m0/s1. The molecule has 2 aromatic heterocycles. The number of fused-ring (bicyclic) bond motifs is 3. The number of benzene rings is 1. The summed E-state index contributed by atoms with van der Waals surface area (Å²) in [6.45, 7) is 1.06. The Morgan fingerprint density at radius 1 is 1.08 bits per heavy atom. The Hall–Kier alpha value is -2.96. The molecule has 1 amide bonds. The molecule has 1 aromatic carbocycles. The average Bonchev–Trinajstić information content (AvgIpc) is 3.35. The van der Waals surface area contributed by atoms with Crippen LogP contribution in [0.2, 0.25) is 0 Å². The molecule has 0 aliphatic carbocycles. The predicted octanol–water partition coefficient (Wildman–Crippen LogP) is 1.76. The molecule has 0 radical (unpaired) electrons. The fourth-order valence-corrected chi connectivity index (χ4v) is 4.26. The number of aromatic nitrogens is 5. The lowest BCUT2D eigenvalue weighted by molar-refractivity contribution is -0.134. The summed E-state index contributed by atoms with van der Waals surface area (Å²) in [5.41, 5.74) is 1.07. The Kier molecular flexibility index (Phi) is 3.58. The molecule has 4 heterocycles. The van der Waals surface area contributed by atoms with Crippen LogP contribution in [0.3, 0.4) is 0 Å². The van der Waals surface area contributed by atoms with Gasteiger partial charge in [0.05, 0.1) is 6.04 Å². The van der Waals surface area contributed by atoms with Gasteiger partial charge in [0, 0.05) is 37.0 Å². The van der Waals surface area contributed by atoms with Gasteiger partial charge in [-0.3, -0.25) is 9.48 Å². The van der Waals surface area contributed by atoms with E-state index in [4.69, 9.17) is 0 Å². The Labute approximate surface area is 151 Å². The molecule has 0 saturated carbocycles. The highest BCUT2D eigenvalue weighted by atomic mass is 16.2. The second-order valence-corrected chi connectivity index (χ2v) is 7.01. The van der Waals surface area contributed by atoms with Crippen LogP contribution in [0.5, 0.6) is 0 Å². The minimum absolute atomic E-state index is 0.140. The van der Waals surface area contributed by atoms with Crippen LogP contribution in [-0.4, -0.2) is 47.4 Å². The summed E-state index contributed by atoms with van der Waals surface area (Å²) in [6.07, 6.45) is 6.36. The smallest absolute Gasteiger partial charge is 0.244 e. The lowest BCUT2D eigenvalue weighted by atomic mass is 10.1. The Balaban J connectivity index is 1.44. The number of carbonyl (C=O) groups excluding carboxylic acids is 1. The van der Waals surface area contributed by atoms with Crippen molar-refractivity contribution in [2.75, 3.05) is 0 Å². The van der Waals surface area contributed by atoms with Gasteiger partial charge in [0.25, 0.3) is 0 Å². The van der Waals surface area contributed by atoms with Crippen molar-refractivity contribution in [3.05, 3.63) is 54.6 Å². The molecule has 7 heteroatoms. The van der Waals surface area contributed by atoms with Gasteiger partial charge in [-0.15, -0.1) is 10.2 Å². The minimum Gasteiger partial charge on any atom is -0.333 e. The number of rotatable bonds is 3. The van der Waals surface area contributed by atoms with Gasteiger partial charge in [0.1, 0.15) is 12.4 Å². The molecule has 2 aliphatic heterocycles. The van der Waals surface area contributed by atoms with Crippen molar-refractivity contribution in [3.63, 3.8) is 0 Å². The summed E-state index contributed by atoms with van der Waals surface area (Å²) in [5, 5.41) is 13.0. The average molecular weight is 348 g/mol. The number of nitrogens with zero attached hydrogens (tertiary/aromatic N) is 6. The van der Waals surface area contributed by atoms with Gasteiger partial charge < -0.3 is 9.47 Å². The first kappa shape index (κ1) is 15.3. The number of carbonyl (C=O) groups is 1. The zero-order valence-corrected chi connectivity index (χ0v) is 14.4. The van der Waals surface area contributed by atoms with Crippen molar-refractivity contribution in [1.29, 1.82) is 0 Å². The molecule has 2 bridgehead atoms. The van der Waals surface area contributed by atoms with Gasteiger partial charge in [-0.25, -0.2) is 0 Å². The van der Waals surface area contributed by atoms with Crippen molar-refractivity contribution in [2.45, 2.75) is 44.4 Å². The maximum atomic E-state index is 12.9. The first-order chi connectivity index (χ1) is 12.8. The van der Waals surface area contributed by atoms with Crippen LogP contribution < -0.4 is 0 Å². The highest BCUT2D eigenvalue weighted by molar-refractivity contribution is 5.77. The maximum absolute atomic E-state index is 12.9. The number of hydrogen-bond donors (Lipinski definition) is 0. The summed E-state index contributed by atoms with van der Waals surface area (Å²) in [6, 6.07) is 12.4. The fraction of sp³-hybridized carbons (Fsp3) is 0.368. The third-order valence-corrected chi connectivity index (χ3v) is 5.44. The second-order valence-electron chi connectivity index (χ2n) is 7.01. The third-order valence-electron chi connectivity index (χ3n) is 5.44. The Morgan fingerprint density at radius 3 is 2.73 bits per heavy atom. The molecule has 0 unspecified atom stereocenters. The minimum atomic E-state index is 0.140. The molecular weight excluding hydrogens is 328 g/mol. The lowest BCUT2D eigenvalue weighted by Crippen LogP contribution is -2.43. The van der Waals surface area contributed by atoms with E-state index in [1.54, 1.807) is 10.9 Å². The SMILES string of the molecule is O=C(Cn1cccn1)N1[C@@H]2CC[C@H]1Cc1nnc(-c3ccccc3)n1C2. The van der Waals surface area contributed by atoms with E-state index in [9.17, 15) is 4.79 Å². The molecule has 0 N–H and O–H groups in total. The van der Waals surface area contributed by atoms with E-state index in [0.717, 1.165) is 43.0 Å². The summed E-state index contributed by atoms with van der Waals surface area (Å²) in [5.74, 6) is 2.02. The van der Waals surface area contributed by atoms with Gasteiger partial charge in [-0.05, 0) is 18.9 Å². The van der Waals surface area contributed by atoms with Crippen LogP contribution in [-0.2, 0) is 24.3 Å². The second kappa shape index (κ2) is 6.09. The molecule has 5 rings (SSSR count). The largest absolute Gasteiger partial charge is 0.333 e. The van der Waals surface area contributed by atoms with Gasteiger partial charge in [0.2, 0.25) is 5.91 Å². The number of amides is 1. The van der Waals surface area contributed by atoms with Crippen LogP contribution in [0.15, 0.2) is 48.8 Å². The zero-order chi connectivity index (χ0) is 17.5. The van der Waals surface area contributed by atoms with Gasteiger partial charge in [0.15, 0.2) is 5.82 Å². The van der Waals surface area contributed by atoms with Gasteiger partial charge in [-0.2, -0.15) is 5.10 Å². The van der Waals surface area contributed by atoms with Crippen molar-refractivity contribution in [3.8, 4) is 11.4 Å². The Bertz CT molecular complexity index is 917. The van der Waals surface area contributed by atoms with Gasteiger partial charge >= 0.3 is 0 Å². The van der Waals surface area contributed by atoms with E-state index in [1.165, 1.54) is 0 Å². The molecule has 26 heavy (non-hydrogen) atoms. The molecule has 132 valence electrons. The first-order valence-electron chi connectivity index (χ1n) is 9.05. The summed E-state index contributed by atoms with van der Waals surface area (Å²) in [7, 11) is 0. The van der Waals surface area contributed by atoms with E-state index in [1.807, 2.05) is 30.5 Å². The molecule has 1 fully saturated rings. The maximum Gasteiger partial charge on any atom is 0.244 e. The van der Waals surface area contributed by atoms with E-state index in [2.05, 4.69) is 36.9 Å². The first-order valence-corrected chi connectivity index (χ1v) is 9.05. The lowest BCUT2D eigenvalue weighted by Gasteiger charge is -2.28. The van der Waals surface area contributed by atoms with E-state index in [-0.39, 0.29) is 18.0 Å². The highest BCUT2D eigenvalue weighted by Gasteiger charge is 2.41. The molecule has 2 aliphatic rings. The van der Waals surface area contributed by atoms with Crippen LogP contribution in [0.25, 0.3) is 11.4 Å². The summed E-state index contributed by atoms with van der Waals surface area (Å²) >= 11 is 0. The summed E-state index contributed by atoms with van der Waals surface area (Å²) < 4.78 is 3.90. The quantitative estimate of drug-likeness (QED) is 0.723. The third kappa shape index (κ3) is 2.51. The van der Waals surface area contributed by atoms with Crippen molar-refractivity contribution in [2.24, 2.45) is 0 Å². The highest BCUT2D eigenvalue weighted by Crippen LogP contribution is 2.33. The van der Waals surface area contributed by atoms with Gasteiger partial charge in [-0.1, -0.05) is 30.3 Å². The zero-order valence-electron chi connectivity index (χ0n) is 14.4. The molecule has 2 atom stereocenters. The predicted molar refractivity (Wildman–Crippen MR) is 95.0 cm³/mol. The van der Waals surface area contributed by atoms with Crippen LogP contribution in [0, 0.1) is 0 Å². The van der Waals surface area contributed by atoms with Crippen molar-refractivity contribution >= 4 is 5.91 Å². The molecule has 0 spiro atoms. The van der Waals surface area contributed by atoms with Crippen molar-refractivity contribution in [1.82, 2.24) is 29.4 Å². The molecule has 3 aromatic rings.